The maximum atomic E-state index is 12.1. The van der Waals surface area contributed by atoms with E-state index in [9.17, 15) is 19.2 Å². The maximum absolute atomic E-state index is 12.1. The summed E-state index contributed by atoms with van der Waals surface area (Å²) in [5.74, 6) is -1.94. The van der Waals surface area contributed by atoms with Crippen LogP contribution >= 0.6 is 21.6 Å². The largest absolute Gasteiger partial charge is 0.480 e. The number of nitrogens with two attached hydrogens (primary N) is 1. The summed E-state index contributed by atoms with van der Waals surface area (Å²) in [7, 11) is 2.42. The summed E-state index contributed by atoms with van der Waals surface area (Å²) in [5.41, 5.74) is 5.39. The maximum Gasteiger partial charge on any atom is 0.321 e. The summed E-state index contributed by atoms with van der Waals surface area (Å²) < 4.78 is 0. The van der Waals surface area contributed by atoms with Crippen molar-refractivity contribution in [2.24, 2.45) is 5.73 Å². The molecular weight excluding hydrogens is 354 g/mol. The lowest BCUT2D eigenvalue weighted by Gasteiger charge is -2.17. The van der Waals surface area contributed by atoms with Crippen molar-refractivity contribution < 1.29 is 24.3 Å². The molecule has 2 atom stereocenters. The summed E-state index contributed by atoms with van der Waals surface area (Å²) in [6.45, 7) is 3.67. The lowest BCUT2D eigenvalue weighted by atomic mass is 10.2. The molecule has 0 radical (unpaired) electrons. The zero-order valence-electron chi connectivity index (χ0n) is 13.9. The van der Waals surface area contributed by atoms with Crippen LogP contribution < -0.4 is 16.4 Å². The van der Waals surface area contributed by atoms with Crippen LogP contribution in [0.1, 0.15) is 39.5 Å². The smallest absolute Gasteiger partial charge is 0.321 e. The Kier molecular flexibility index (Phi) is 12.4. The van der Waals surface area contributed by atoms with Crippen LogP contribution in [0.3, 0.4) is 0 Å². The van der Waals surface area contributed by atoms with E-state index in [1.54, 1.807) is 0 Å². The molecule has 3 amide bonds. The lowest BCUT2D eigenvalue weighted by Crippen LogP contribution is -2.49. The SMILES string of the molecule is CCCC(=O)NC(=O)[C@H](CSSC[C@H](N)C(=O)O)NC(=O)CCC. The van der Waals surface area contributed by atoms with Crippen LogP contribution in [0.5, 0.6) is 0 Å². The Bertz CT molecular complexity index is 448. The zero-order chi connectivity index (χ0) is 18.5. The van der Waals surface area contributed by atoms with Crippen molar-refractivity contribution in [3.8, 4) is 0 Å². The molecule has 8 nitrogen and oxygen atoms in total. The normalized spacial score (nSPS) is 13.0. The molecule has 0 aliphatic carbocycles. The quantitative estimate of drug-likeness (QED) is 0.284. The molecule has 5 N–H and O–H groups in total. The van der Waals surface area contributed by atoms with Gasteiger partial charge in [0.15, 0.2) is 0 Å². The number of carboxylic acids is 1. The predicted octanol–water partition coefficient (Wildman–Crippen LogP) is 0.508. The zero-order valence-corrected chi connectivity index (χ0v) is 15.5. The highest BCUT2D eigenvalue weighted by atomic mass is 33.1. The minimum Gasteiger partial charge on any atom is -0.480 e. The van der Waals surface area contributed by atoms with Crippen molar-refractivity contribution in [2.45, 2.75) is 51.6 Å². The number of amides is 3. The molecule has 0 unspecified atom stereocenters. The van der Waals surface area contributed by atoms with E-state index in [0.717, 1.165) is 0 Å². The first-order valence-corrected chi connectivity index (χ1v) is 10.2. The molecule has 0 heterocycles. The van der Waals surface area contributed by atoms with E-state index in [1.807, 2.05) is 13.8 Å². The topological polar surface area (TPSA) is 139 Å². The monoisotopic (exact) mass is 379 g/mol. The Hall–Kier alpha value is -1.26. The van der Waals surface area contributed by atoms with Crippen molar-refractivity contribution >= 4 is 45.3 Å². The summed E-state index contributed by atoms with van der Waals surface area (Å²) in [6.07, 6.45) is 1.78. The third-order valence-electron chi connectivity index (χ3n) is 2.75. The molecule has 0 saturated heterocycles. The Morgan fingerprint density at radius 3 is 2.08 bits per heavy atom. The van der Waals surface area contributed by atoms with Gasteiger partial charge in [-0.05, 0) is 12.8 Å². The van der Waals surface area contributed by atoms with Crippen molar-refractivity contribution in [1.29, 1.82) is 0 Å². The molecule has 0 fully saturated rings. The first kappa shape index (κ1) is 22.7. The molecule has 0 aromatic heterocycles. The summed E-state index contributed by atoms with van der Waals surface area (Å²) in [4.78, 5) is 46.0. The number of hydrogen-bond acceptors (Lipinski definition) is 7. The molecule has 0 aromatic carbocycles. The summed E-state index contributed by atoms with van der Waals surface area (Å²) >= 11 is 0. The number of nitrogens with one attached hydrogen (secondary N) is 2. The van der Waals surface area contributed by atoms with E-state index < -0.39 is 24.0 Å². The van der Waals surface area contributed by atoms with Gasteiger partial charge in [0.1, 0.15) is 12.1 Å². The van der Waals surface area contributed by atoms with Crippen LogP contribution in [-0.2, 0) is 19.2 Å². The average Bonchev–Trinajstić information content (AvgIpc) is 2.50. The van der Waals surface area contributed by atoms with Gasteiger partial charge in [-0.2, -0.15) is 0 Å². The minimum absolute atomic E-state index is 0.173. The van der Waals surface area contributed by atoms with Crippen molar-refractivity contribution in [2.75, 3.05) is 11.5 Å². The van der Waals surface area contributed by atoms with E-state index in [0.29, 0.717) is 12.8 Å². The van der Waals surface area contributed by atoms with Gasteiger partial charge in [0.05, 0.1) is 0 Å². The number of carboxylic acid groups (broad SMARTS) is 1. The minimum atomic E-state index is -1.10. The number of hydrogen-bond donors (Lipinski definition) is 4. The highest BCUT2D eigenvalue weighted by Crippen LogP contribution is 2.22. The first-order chi connectivity index (χ1) is 11.3. The third kappa shape index (κ3) is 10.5. The Balaban J connectivity index is 4.51. The standard InChI is InChI=1S/C14H25N3O5S2/c1-3-5-11(18)16-10(13(20)17-12(19)6-4-2)8-24-23-7-9(15)14(21)22/h9-10H,3-8,15H2,1-2H3,(H,16,18)(H,21,22)(H,17,19,20)/t9-,10-/m0/s1. The van der Waals surface area contributed by atoms with E-state index >= 15 is 0 Å². The summed E-state index contributed by atoms with van der Waals surface area (Å²) in [6, 6.07) is -1.85. The molecule has 138 valence electrons. The van der Waals surface area contributed by atoms with Gasteiger partial charge in [-0.1, -0.05) is 35.4 Å². The molecule has 0 bridgehead atoms. The third-order valence-corrected chi connectivity index (χ3v) is 5.20. The van der Waals surface area contributed by atoms with Gasteiger partial charge >= 0.3 is 5.97 Å². The molecule has 0 spiro atoms. The van der Waals surface area contributed by atoms with Crippen LogP contribution in [0.25, 0.3) is 0 Å². The van der Waals surface area contributed by atoms with Gasteiger partial charge in [-0.3, -0.25) is 24.5 Å². The number of carbonyl (C=O) groups excluding carboxylic acids is 3. The average molecular weight is 380 g/mol. The molecule has 0 aliphatic heterocycles. The second-order valence-corrected chi connectivity index (χ2v) is 7.60. The molecule has 0 aliphatic rings. The highest BCUT2D eigenvalue weighted by Gasteiger charge is 2.22. The molecule has 0 saturated carbocycles. The summed E-state index contributed by atoms with van der Waals surface area (Å²) in [5, 5.41) is 13.6. The van der Waals surface area contributed by atoms with E-state index in [1.165, 1.54) is 21.6 Å². The second kappa shape index (κ2) is 13.1. The Labute approximate surface area is 149 Å². The molecule has 24 heavy (non-hydrogen) atoms. The van der Waals surface area contributed by atoms with Gasteiger partial charge in [0.25, 0.3) is 0 Å². The van der Waals surface area contributed by atoms with Gasteiger partial charge < -0.3 is 16.2 Å². The van der Waals surface area contributed by atoms with Gasteiger partial charge in [-0.25, -0.2) is 0 Å². The van der Waals surface area contributed by atoms with E-state index in [2.05, 4.69) is 10.6 Å². The highest BCUT2D eigenvalue weighted by molar-refractivity contribution is 8.76. The van der Waals surface area contributed by atoms with Crippen molar-refractivity contribution in [3.05, 3.63) is 0 Å². The fourth-order valence-electron chi connectivity index (χ4n) is 1.50. The number of rotatable bonds is 12. The molecule has 0 rings (SSSR count). The van der Waals surface area contributed by atoms with Gasteiger partial charge in [0, 0.05) is 24.3 Å². The lowest BCUT2D eigenvalue weighted by molar-refractivity contribution is -0.138. The first-order valence-electron chi connectivity index (χ1n) is 7.67. The van der Waals surface area contributed by atoms with Crippen LogP contribution in [-0.4, -0.2) is 52.4 Å². The van der Waals surface area contributed by atoms with Gasteiger partial charge in [0.2, 0.25) is 17.7 Å². The molecule has 0 aromatic rings. The number of aliphatic carboxylic acids is 1. The number of imide groups is 1. The van der Waals surface area contributed by atoms with Gasteiger partial charge in [-0.15, -0.1) is 0 Å². The van der Waals surface area contributed by atoms with E-state index in [4.69, 9.17) is 10.8 Å². The van der Waals surface area contributed by atoms with Crippen LogP contribution in [0.2, 0.25) is 0 Å². The van der Waals surface area contributed by atoms with Crippen molar-refractivity contribution in [3.63, 3.8) is 0 Å². The van der Waals surface area contributed by atoms with E-state index in [-0.39, 0.29) is 36.2 Å². The van der Waals surface area contributed by atoms with Crippen LogP contribution in [0.4, 0.5) is 0 Å². The Morgan fingerprint density at radius 1 is 1.00 bits per heavy atom. The van der Waals surface area contributed by atoms with Crippen LogP contribution in [0.15, 0.2) is 0 Å². The Morgan fingerprint density at radius 2 is 1.54 bits per heavy atom. The predicted molar refractivity (Wildman–Crippen MR) is 95.4 cm³/mol. The fourth-order valence-corrected chi connectivity index (χ4v) is 3.78. The molecular formula is C14H25N3O5S2. The van der Waals surface area contributed by atoms with Crippen molar-refractivity contribution in [1.82, 2.24) is 10.6 Å². The second-order valence-electron chi connectivity index (χ2n) is 5.05. The molecule has 10 heteroatoms. The fraction of sp³-hybridized carbons (Fsp3) is 0.714. The van der Waals surface area contributed by atoms with Crippen LogP contribution in [0, 0.1) is 0 Å². The number of carbonyl (C=O) groups is 4.